The van der Waals surface area contributed by atoms with Gasteiger partial charge in [-0.05, 0) is 25.5 Å². The van der Waals surface area contributed by atoms with Crippen LogP contribution in [0.1, 0.15) is 31.2 Å². The number of hydrogen-bond donors (Lipinski definition) is 2. The number of likely N-dealkylation sites (N-methyl/N-ethyl adjacent to an activating group) is 1. The van der Waals surface area contributed by atoms with Crippen LogP contribution in [0, 0.1) is 0 Å². The minimum Gasteiger partial charge on any atom is -0.480 e. The van der Waals surface area contributed by atoms with Crippen LogP contribution in [0.5, 0.6) is 0 Å². The van der Waals surface area contributed by atoms with Gasteiger partial charge in [-0.3, -0.25) is 0 Å². The molecule has 2 N–H and O–H groups in total. The Labute approximate surface area is 121 Å². The molecule has 1 aromatic rings. The molecule has 0 aliphatic heterocycles. The fraction of sp³-hybridized carbons (Fsp3) is 0.500. The number of urea groups is 1. The van der Waals surface area contributed by atoms with E-state index in [9.17, 15) is 9.59 Å². The Balaban J connectivity index is 2.66. The lowest BCUT2D eigenvalue weighted by atomic mass is 10.2. The summed E-state index contributed by atoms with van der Waals surface area (Å²) < 4.78 is 0.654. The zero-order chi connectivity index (χ0) is 14.6. The van der Waals surface area contributed by atoms with E-state index in [4.69, 9.17) is 16.7 Å². The monoisotopic (exact) mass is 304 g/mol. The van der Waals surface area contributed by atoms with E-state index in [1.165, 1.54) is 23.3 Å². The molecule has 0 saturated carbocycles. The second-order valence-electron chi connectivity index (χ2n) is 4.19. The number of nitrogens with one attached hydrogen (secondary N) is 1. The van der Waals surface area contributed by atoms with Gasteiger partial charge >= 0.3 is 12.0 Å². The van der Waals surface area contributed by atoms with Crippen molar-refractivity contribution in [1.29, 1.82) is 0 Å². The highest BCUT2D eigenvalue weighted by Crippen LogP contribution is 2.26. The molecule has 106 valence electrons. The lowest BCUT2D eigenvalue weighted by Gasteiger charge is -2.25. The summed E-state index contributed by atoms with van der Waals surface area (Å²) in [7, 11) is 1.48. The van der Waals surface area contributed by atoms with Crippen molar-refractivity contribution in [2.75, 3.05) is 7.05 Å². The Morgan fingerprint density at radius 1 is 1.53 bits per heavy atom. The highest BCUT2D eigenvalue weighted by atomic mass is 35.5. The van der Waals surface area contributed by atoms with Gasteiger partial charge in [0.05, 0.1) is 10.4 Å². The molecule has 1 rings (SSSR count). The maximum Gasteiger partial charge on any atom is 0.326 e. The smallest absolute Gasteiger partial charge is 0.326 e. The van der Waals surface area contributed by atoms with E-state index in [1.54, 1.807) is 13.0 Å². The maximum atomic E-state index is 12.0. The zero-order valence-corrected chi connectivity index (χ0v) is 12.6. The first kappa shape index (κ1) is 15.8. The lowest BCUT2D eigenvalue weighted by molar-refractivity contribution is -0.141. The Hall–Kier alpha value is -1.27. The molecule has 2 unspecified atom stereocenters. The van der Waals surface area contributed by atoms with Gasteiger partial charge in [0.15, 0.2) is 0 Å². The first-order valence-electron chi connectivity index (χ1n) is 5.88. The Morgan fingerprint density at radius 2 is 2.16 bits per heavy atom. The van der Waals surface area contributed by atoms with E-state index in [1.807, 2.05) is 13.0 Å². The molecule has 0 spiro atoms. The molecule has 0 aliphatic rings. The van der Waals surface area contributed by atoms with Crippen molar-refractivity contribution >= 4 is 34.9 Å². The molecule has 2 atom stereocenters. The summed E-state index contributed by atoms with van der Waals surface area (Å²) >= 11 is 7.22. The van der Waals surface area contributed by atoms with Crippen LogP contribution in [-0.2, 0) is 4.79 Å². The van der Waals surface area contributed by atoms with Crippen molar-refractivity contribution in [3.05, 3.63) is 21.3 Å². The predicted octanol–water partition coefficient (Wildman–Crippen LogP) is 2.97. The normalized spacial score (nSPS) is 13.7. The Bertz CT molecular complexity index is 464. The summed E-state index contributed by atoms with van der Waals surface area (Å²) in [5.74, 6) is -1.01. The van der Waals surface area contributed by atoms with E-state index >= 15 is 0 Å². The number of amides is 2. The van der Waals surface area contributed by atoms with Crippen LogP contribution in [-0.4, -0.2) is 35.1 Å². The third-order valence-corrected chi connectivity index (χ3v) is 4.23. The number of carboxylic acids is 1. The number of hydrogen-bond acceptors (Lipinski definition) is 3. The minimum absolute atomic E-state index is 0.209. The fourth-order valence-corrected chi connectivity index (χ4v) is 2.74. The van der Waals surface area contributed by atoms with E-state index in [-0.39, 0.29) is 6.04 Å². The van der Waals surface area contributed by atoms with Gasteiger partial charge in [-0.2, -0.15) is 0 Å². The first-order valence-corrected chi connectivity index (χ1v) is 7.07. The van der Waals surface area contributed by atoms with Crippen LogP contribution in [0.25, 0.3) is 0 Å². The van der Waals surface area contributed by atoms with E-state index in [2.05, 4.69) is 5.32 Å². The molecule has 2 amide bonds. The number of carboxylic acid groups (broad SMARTS) is 1. The topological polar surface area (TPSA) is 69.6 Å². The van der Waals surface area contributed by atoms with Crippen molar-refractivity contribution in [3.8, 4) is 0 Å². The van der Waals surface area contributed by atoms with Crippen LogP contribution in [0.15, 0.2) is 12.1 Å². The molecule has 0 fully saturated rings. The number of nitrogens with zero attached hydrogens (tertiary/aromatic N) is 1. The largest absolute Gasteiger partial charge is 0.480 e. The fourth-order valence-electron chi connectivity index (χ4n) is 1.67. The number of rotatable bonds is 5. The Morgan fingerprint density at radius 3 is 2.58 bits per heavy atom. The maximum absolute atomic E-state index is 12.0. The van der Waals surface area contributed by atoms with Crippen LogP contribution < -0.4 is 5.32 Å². The second kappa shape index (κ2) is 6.77. The molecule has 0 radical (unpaired) electrons. The minimum atomic E-state index is -1.01. The summed E-state index contributed by atoms with van der Waals surface area (Å²) in [6.07, 6.45) is 0.360. The molecule has 7 heteroatoms. The number of aliphatic carboxylic acids is 1. The van der Waals surface area contributed by atoms with E-state index in [0.29, 0.717) is 10.8 Å². The molecule has 0 aromatic carbocycles. The number of carbonyl (C=O) groups is 2. The highest BCUT2D eigenvalue weighted by molar-refractivity contribution is 7.16. The predicted molar refractivity (Wildman–Crippen MR) is 75.8 cm³/mol. The summed E-state index contributed by atoms with van der Waals surface area (Å²) in [5, 5.41) is 11.8. The molecule has 1 heterocycles. The van der Waals surface area contributed by atoms with E-state index in [0.717, 1.165) is 4.88 Å². The average molecular weight is 305 g/mol. The molecule has 0 saturated heterocycles. The van der Waals surface area contributed by atoms with Crippen molar-refractivity contribution < 1.29 is 14.7 Å². The molecule has 0 bridgehead atoms. The van der Waals surface area contributed by atoms with Crippen molar-refractivity contribution in [3.63, 3.8) is 0 Å². The zero-order valence-electron chi connectivity index (χ0n) is 11.0. The van der Waals surface area contributed by atoms with Crippen molar-refractivity contribution in [2.24, 2.45) is 0 Å². The van der Waals surface area contributed by atoms with Crippen LogP contribution in [0.2, 0.25) is 4.34 Å². The molecular formula is C12H17ClN2O3S. The quantitative estimate of drug-likeness (QED) is 0.878. The van der Waals surface area contributed by atoms with Crippen LogP contribution in [0.4, 0.5) is 4.79 Å². The summed E-state index contributed by atoms with van der Waals surface area (Å²) in [5.41, 5.74) is 0. The van der Waals surface area contributed by atoms with Gasteiger partial charge in [-0.15, -0.1) is 11.3 Å². The first-order chi connectivity index (χ1) is 8.86. The van der Waals surface area contributed by atoms with Crippen molar-refractivity contribution in [1.82, 2.24) is 10.2 Å². The summed E-state index contributed by atoms with van der Waals surface area (Å²) in [4.78, 5) is 25.1. The average Bonchev–Trinajstić information content (AvgIpc) is 2.76. The number of halogens is 1. The Kier molecular flexibility index (Phi) is 5.62. The third kappa shape index (κ3) is 4.11. The molecule has 1 aromatic heterocycles. The lowest BCUT2D eigenvalue weighted by Crippen LogP contribution is -2.47. The standard InChI is InChI=1S/C12H17ClN2O3S/c1-4-8(11(16)17)15(3)12(18)14-7(2)9-5-6-10(13)19-9/h5-8H,4H2,1-3H3,(H,14,18)(H,16,17). The van der Waals surface area contributed by atoms with Gasteiger partial charge in [0.25, 0.3) is 0 Å². The van der Waals surface area contributed by atoms with Crippen LogP contribution in [0.3, 0.4) is 0 Å². The summed E-state index contributed by atoms with van der Waals surface area (Å²) in [6.45, 7) is 3.56. The molecule has 0 aliphatic carbocycles. The molecule has 5 nitrogen and oxygen atoms in total. The van der Waals surface area contributed by atoms with Gasteiger partial charge in [0.1, 0.15) is 6.04 Å². The van der Waals surface area contributed by atoms with Gasteiger partial charge in [0.2, 0.25) is 0 Å². The van der Waals surface area contributed by atoms with Crippen molar-refractivity contribution in [2.45, 2.75) is 32.4 Å². The highest BCUT2D eigenvalue weighted by Gasteiger charge is 2.25. The van der Waals surface area contributed by atoms with E-state index < -0.39 is 18.0 Å². The number of carbonyl (C=O) groups excluding carboxylic acids is 1. The second-order valence-corrected chi connectivity index (χ2v) is 5.93. The summed E-state index contributed by atoms with van der Waals surface area (Å²) in [6, 6.07) is 2.16. The molecule has 19 heavy (non-hydrogen) atoms. The SMILES string of the molecule is CCC(C(=O)O)N(C)C(=O)NC(C)c1ccc(Cl)s1. The number of thiophene rings is 1. The van der Waals surface area contributed by atoms with Gasteiger partial charge in [-0.1, -0.05) is 18.5 Å². The van der Waals surface area contributed by atoms with Gasteiger partial charge in [-0.25, -0.2) is 9.59 Å². The third-order valence-electron chi connectivity index (χ3n) is 2.82. The molecular weight excluding hydrogens is 288 g/mol. The van der Waals surface area contributed by atoms with Gasteiger partial charge < -0.3 is 15.3 Å². The van der Waals surface area contributed by atoms with Crippen LogP contribution >= 0.6 is 22.9 Å². The van der Waals surface area contributed by atoms with Gasteiger partial charge in [0, 0.05) is 11.9 Å².